The molecule has 1 aliphatic carbocycles. The molecule has 3 rings (SSSR count). The summed E-state index contributed by atoms with van der Waals surface area (Å²) in [6, 6.07) is 8.42. The van der Waals surface area contributed by atoms with Crippen molar-refractivity contribution in [2.45, 2.75) is 57.7 Å². The van der Waals surface area contributed by atoms with E-state index in [1.165, 1.54) is 30.2 Å². The number of hydrogen-bond acceptors (Lipinski definition) is 6. The third-order valence-electron chi connectivity index (χ3n) is 6.13. The minimum atomic E-state index is -0.720. The molecule has 0 aliphatic heterocycles. The largest absolute Gasteiger partial charge is 0.490 e. The number of nitrogens with zero attached hydrogens (tertiary/aromatic N) is 2. The summed E-state index contributed by atoms with van der Waals surface area (Å²) in [6.45, 7) is 1.59. The van der Waals surface area contributed by atoms with E-state index in [2.05, 4.69) is 5.32 Å². The topological polar surface area (TPSA) is 111 Å². The van der Waals surface area contributed by atoms with Crippen LogP contribution in [0.1, 0.15) is 44.6 Å². The third-order valence-corrected chi connectivity index (χ3v) is 6.87. The highest BCUT2D eigenvalue weighted by molar-refractivity contribution is 6.42. The summed E-state index contributed by atoms with van der Waals surface area (Å²) < 4.78 is 10.7. The van der Waals surface area contributed by atoms with Gasteiger partial charge < -0.3 is 19.7 Å². The second-order valence-corrected chi connectivity index (χ2v) is 9.38. The summed E-state index contributed by atoms with van der Waals surface area (Å²) in [4.78, 5) is 38.6. The average molecular weight is 538 g/mol. The van der Waals surface area contributed by atoms with Gasteiger partial charge in [0.05, 0.1) is 22.1 Å². The first-order valence-corrected chi connectivity index (χ1v) is 12.5. The molecular weight excluding hydrogens is 509 g/mol. The standard InChI is InChI=1S/C25H29Cl2N3O6/c1-3-21(25(32)28-17-6-4-5-7-17)29(14-16-8-10-19(26)20(27)12-16)24(31)15-36-18-9-11-22(30(33)34)23(13-18)35-2/h8-13,17,21H,3-7,14-15H2,1-2H3,(H,28,32)/t21-/m1/s1. The first kappa shape index (κ1) is 27.5. The lowest BCUT2D eigenvalue weighted by atomic mass is 10.1. The molecule has 1 fully saturated rings. The Hall–Kier alpha value is -3.04. The third kappa shape index (κ3) is 7.01. The number of amides is 2. The fourth-order valence-corrected chi connectivity index (χ4v) is 4.57. The Kier molecular flexibility index (Phi) is 9.78. The number of benzene rings is 2. The summed E-state index contributed by atoms with van der Waals surface area (Å²) in [5.41, 5.74) is 0.494. The molecule has 9 nitrogen and oxygen atoms in total. The molecule has 0 aromatic heterocycles. The van der Waals surface area contributed by atoms with Crippen molar-refractivity contribution >= 4 is 40.7 Å². The van der Waals surface area contributed by atoms with Crippen LogP contribution >= 0.6 is 23.2 Å². The first-order valence-electron chi connectivity index (χ1n) is 11.7. The fourth-order valence-electron chi connectivity index (χ4n) is 4.25. The molecule has 2 aromatic rings. The molecule has 0 unspecified atom stereocenters. The molecule has 0 spiro atoms. The van der Waals surface area contributed by atoms with E-state index in [0.717, 1.165) is 25.7 Å². The molecule has 2 aromatic carbocycles. The second kappa shape index (κ2) is 12.8. The van der Waals surface area contributed by atoms with Crippen LogP contribution in [-0.2, 0) is 16.1 Å². The second-order valence-electron chi connectivity index (χ2n) is 8.56. The maximum Gasteiger partial charge on any atom is 0.311 e. The molecule has 0 heterocycles. The minimum absolute atomic E-state index is 0.0139. The summed E-state index contributed by atoms with van der Waals surface area (Å²) in [5.74, 6) is -0.398. The molecule has 0 bridgehead atoms. The number of halogens is 2. The number of nitro groups is 1. The SMILES string of the molecule is CC[C@H](C(=O)NC1CCCC1)N(Cc1ccc(Cl)c(Cl)c1)C(=O)COc1ccc([N+](=O)[O-])c(OC)c1. The monoisotopic (exact) mass is 537 g/mol. The number of methoxy groups -OCH3 is 1. The quantitative estimate of drug-likeness (QED) is 0.313. The van der Waals surface area contributed by atoms with Crippen molar-refractivity contribution in [3.8, 4) is 11.5 Å². The Morgan fingerprint density at radius 3 is 2.50 bits per heavy atom. The summed E-state index contributed by atoms with van der Waals surface area (Å²) in [7, 11) is 1.31. The highest BCUT2D eigenvalue weighted by Crippen LogP contribution is 2.31. The van der Waals surface area contributed by atoms with Gasteiger partial charge in [-0.15, -0.1) is 0 Å². The Morgan fingerprint density at radius 2 is 1.89 bits per heavy atom. The lowest BCUT2D eigenvalue weighted by molar-refractivity contribution is -0.385. The van der Waals surface area contributed by atoms with Crippen molar-refractivity contribution in [1.29, 1.82) is 0 Å². The highest BCUT2D eigenvalue weighted by Gasteiger charge is 2.31. The maximum atomic E-state index is 13.4. The van der Waals surface area contributed by atoms with Gasteiger partial charge in [0.15, 0.2) is 6.61 Å². The van der Waals surface area contributed by atoms with E-state index in [9.17, 15) is 19.7 Å². The van der Waals surface area contributed by atoms with Gasteiger partial charge in [-0.05, 0) is 43.0 Å². The van der Waals surface area contributed by atoms with E-state index in [1.54, 1.807) is 18.2 Å². The van der Waals surface area contributed by atoms with Crippen molar-refractivity contribution < 1.29 is 24.0 Å². The Balaban J connectivity index is 1.80. The smallest absolute Gasteiger partial charge is 0.311 e. The fraction of sp³-hybridized carbons (Fsp3) is 0.440. The molecule has 1 saturated carbocycles. The average Bonchev–Trinajstić information content (AvgIpc) is 3.37. The van der Waals surface area contributed by atoms with Gasteiger partial charge in [0.1, 0.15) is 11.8 Å². The summed E-state index contributed by atoms with van der Waals surface area (Å²) >= 11 is 12.2. The van der Waals surface area contributed by atoms with Gasteiger partial charge in [0, 0.05) is 24.7 Å². The number of carbonyl (C=O) groups is 2. The zero-order valence-electron chi connectivity index (χ0n) is 20.2. The van der Waals surface area contributed by atoms with E-state index in [4.69, 9.17) is 32.7 Å². The van der Waals surface area contributed by atoms with Crippen LogP contribution in [-0.4, -0.2) is 47.4 Å². The van der Waals surface area contributed by atoms with Crippen LogP contribution in [0.25, 0.3) is 0 Å². The van der Waals surface area contributed by atoms with E-state index >= 15 is 0 Å². The van der Waals surface area contributed by atoms with Gasteiger partial charge in [0.25, 0.3) is 5.91 Å². The van der Waals surface area contributed by atoms with Crippen LogP contribution in [0.5, 0.6) is 11.5 Å². The van der Waals surface area contributed by atoms with Crippen LogP contribution in [0.3, 0.4) is 0 Å². The molecule has 1 N–H and O–H groups in total. The predicted molar refractivity (Wildman–Crippen MR) is 137 cm³/mol. The minimum Gasteiger partial charge on any atom is -0.490 e. The Morgan fingerprint density at radius 1 is 1.17 bits per heavy atom. The zero-order chi connectivity index (χ0) is 26.2. The number of nitrogens with one attached hydrogen (secondary N) is 1. The van der Waals surface area contributed by atoms with Crippen LogP contribution in [0.15, 0.2) is 36.4 Å². The zero-order valence-corrected chi connectivity index (χ0v) is 21.7. The molecule has 11 heteroatoms. The summed E-state index contributed by atoms with van der Waals surface area (Å²) in [6.07, 6.45) is 4.39. The molecule has 1 atom stereocenters. The van der Waals surface area contributed by atoms with Crippen LogP contribution in [0, 0.1) is 10.1 Å². The molecule has 1 aliphatic rings. The van der Waals surface area contributed by atoms with Crippen molar-refractivity contribution in [2.24, 2.45) is 0 Å². The highest BCUT2D eigenvalue weighted by atomic mass is 35.5. The van der Waals surface area contributed by atoms with Crippen molar-refractivity contribution in [3.63, 3.8) is 0 Å². The maximum absolute atomic E-state index is 13.4. The molecule has 36 heavy (non-hydrogen) atoms. The van der Waals surface area contributed by atoms with E-state index < -0.39 is 16.9 Å². The van der Waals surface area contributed by atoms with E-state index in [0.29, 0.717) is 22.0 Å². The predicted octanol–water partition coefficient (Wildman–Crippen LogP) is 5.16. The number of hydrogen-bond donors (Lipinski definition) is 1. The van der Waals surface area contributed by atoms with Crippen molar-refractivity contribution in [2.75, 3.05) is 13.7 Å². The molecule has 2 amide bonds. The van der Waals surface area contributed by atoms with Crippen LogP contribution in [0.4, 0.5) is 5.69 Å². The number of rotatable bonds is 11. The van der Waals surface area contributed by atoms with Gasteiger partial charge in [-0.2, -0.15) is 0 Å². The van der Waals surface area contributed by atoms with Crippen molar-refractivity contribution in [1.82, 2.24) is 10.2 Å². The lowest BCUT2D eigenvalue weighted by Crippen LogP contribution is -2.52. The number of ether oxygens (including phenoxy) is 2. The van der Waals surface area contributed by atoms with Gasteiger partial charge in [0.2, 0.25) is 11.7 Å². The van der Waals surface area contributed by atoms with E-state index in [1.807, 2.05) is 6.92 Å². The van der Waals surface area contributed by atoms with E-state index in [-0.39, 0.29) is 42.3 Å². The lowest BCUT2D eigenvalue weighted by Gasteiger charge is -2.31. The van der Waals surface area contributed by atoms with Crippen LogP contribution < -0.4 is 14.8 Å². The van der Waals surface area contributed by atoms with Crippen LogP contribution in [0.2, 0.25) is 10.0 Å². The van der Waals surface area contributed by atoms with Crippen molar-refractivity contribution in [3.05, 3.63) is 62.1 Å². The molecule has 0 saturated heterocycles. The molecule has 0 radical (unpaired) electrons. The number of carbonyl (C=O) groups excluding carboxylic acids is 2. The molecule has 194 valence electrons. The normalized spacial score (nSPS) is 14.2. The van der Waals surface area contributed by atoms with Gasteiger partial charge in [-0.3, -0.25) is 19.7 Å². The Bertz CT molecular complexity index is 1110. The van der Waals surface area contributed by atoms with Gasteiger partial charge >= 0.3 is 5.69 Å². The van der Waals surface area contributed by atoms with Gasteiger partial charge in [-0.25, -0.2) is 0 Å². The summed E-state index contributed by atoms with van der Waals surface area (Å²) in [5, 5.41) is 14.9. The number of nitro benzene ring substituents is 1. The first-order chi connectivity index (χ1) is 17.2. The Labute approximate surface area is 219 Å². The van der Waals surface area contributed by atoms with Gasteiger partial charge in [-0.1, -0.05) is 49.0 Å². The molecular formula is C25H29Cl2N3O6.